The molecular weight excluding hydrogens is 192 g/mol. The van der Waals surface area contributed by atoms with Crippen molar-refractivity contribution in [3.05, 3.63) is 29.1 Å². The van der Waals surface area contributed by atoms with Gasteiger partial charge in [0.05, 0.1) is 18.2 Å². The van der Waals surface area contributed by atoms with E-state index in [9.17, 15) is 4.79 Å². The number of hydrogen-bond acceptors (Lipinski definition) is 4. The smallest absolute Gasteiger partial charge is 0.357 e. The van der Waals surface area contributed by atoms with Gasteiger partial charge in [-0.25, -0.2) is 9.78 Å². The van der Waals surface area contributed by atoms with E-state index < -0.39 is 5.97 Å². The number of ether oxygens (including phenoxy) is 1. The quantitative estimate of drug-likeness (QED) is 0.703. The zero-order valence-electron chi connectivity index (χ0n) is 8.78. The Hall–Kier alpha value is -1.89. The molecule has 0 saturated carbocycles. The standard InChI is InChI=1S/C11H12N2O2/c1-3-9-8(7-12)5-6-13-10(9)11(14)15-4-2/h5-6H,3-4H2,1-2H3. The van der Waals surface area contributed by atoms with Crippen molar-refractivity contribution in [3.63, 3.8) is 0 Å². The summed E-state index contributed by atoms with van der Waals surface area (Å²) >= 11 is 0. The van der Waals surface area contributed by atoms with E-state index in [4.69, 9.17) is 10.00 Å². The molecule has 0 saturated heterocycles. The maximum atomic E-state index is 11.5. The minimum Gasteiger partial charge on any atom is -0.461 e. The Labute approximate surface area is 88.5 Å². The minimum atomic E-state index is -0.466. The van der Waals surface area contributed by atoms with Gasteiger partial charge in [0.15, 0.2) is 5.69 Å². The van der Waals surface area contributed by atoms with Crippen LogP contribution in [0, 0.1) is 11.3 Å². The Kier molecular flexibility index (Phi) is 3.81. The Morgan fingerprint density at radius 2 is 2.33 bits per heavy atom. The van der Waals surface area contributed by atoms with Crippen molar-refractivity contribution >= 4 is 5.97 Å². The fraction of sp³-hybridized carbons (Fsp3) is 0.364. The van der Waals surface area contributed by atoms with E-state index in [0.29, 0.717) is 24.2 Å². The third kappa shape index (κ3) is 2.32. The monoisotopic (exact) mass is 204 g/mol. The predicted molar refractivity (Wildman–Crippen MR) is 54.3 cm³/mol. The first-order chi connectivity index (χ1) is 7.24. The highest BCUT2D eigenvalue weighted by Gasteiger charge is 2.15. The number of rotatable bonds is 3. The predicted octanol–water partition coefficient (Wildman–Crippen LogP) is 1.69. The molecule has 0 N–H and O–H groups in total. The van der Waals surface area contributed by atoms with E-state index in [0.717, 1.165) is 0 Å². The van der Waals surface area contributed by atoms with E-state index in [1.54, 1.807) is 13.0 Å². The topological polar surface area (TPSA) is 63.0 Å². The van der Waals surface area contributed by atoms with Gasteiger partial charge in [-0.05, 0) is 19.4 Å². The Morgan fingerprint density at radius 3 is 2.87 bits per heavy atom. The summed E-state index contributed by atoms with van der Waals surface area (Å²) in [5, 5.41) is 8.86. The molecule has 78 valence electrons. The van der Waals surface area contributed by atoms with Crippen LogP contribution in [-0.2, 0) is 11.2 Å². The molecule has 1 aromatic rings. The fourth-order valence-electron chi connectivity index (χ4n) is 1.33. The molecule has 0 radical (unpaired) electrons. The van der Waals surface area contributed by atoms with Crippen LogP contribution in [-0.4, -0.2) is 17.6 Å². The summed E-state index contributed by atoms with van der Waals surface area (Å²) in [6.07, 6.45) is 2.04. The Morgan fingerprint density at radius 1 is 1.60 bits per heavy atom. The highest BCUT2D eigenvalue weighted by Crippen LogP contribution is 2.13. The number of hydrogen-bond donors (Lipinski definition) is 0. The summed E-state index contributed by atoms with van der Waals surface area (Å²) in [7, 11) is 0. The minimum absolute atomic E-state index is 0.249. The van der Waals surface area contributed by atoms with E-state index in [-0.39, 0.29) is 5.69 Å². The summed E-state index contributed by atoms with van der Waals surface area (Å²) in [4.78, 5) is 15.4. The highest BCUT2D eigenvalue weighted by atomic mass is 16.5. The summed E-state index contributed by atoms with van der Waals surface area (Å²) in [5.74, 6) is -0.466. The van der Waals surface area contributed by atoms with Gasteiger partial charge in [0.25, 0.3) is 0 Å². The lowest BCUT2D eigenvalue weighted by molar-refractivity contribution is 0.0518. The van der Waals surface area contributed by atoms with Crippen LogP contribution in [0.25, 0.3) is 0 Å². The summed E-state index contributed by atoms with van der Waals surface area (Å²) in [6, 6.07) is 3.63. The Bertz CT molecular complexity index is 408. The van der Waals surface area contributed by atoms with Crippen molar-refractivity contribution < 1.29 is 9.53 Å². The van der Waals surface area contributed by atoms with Crippen LogP contribution in [0.2, 0.25) is 0 Å². The van der Waals surface area contributed by atoms with E-state index in [1.165, 1.54) is 6.20 Å². The van der Waals surface area contributed by atoms with Crippen LogP contribution in [0.5, 0.6) is 0 Å². The normalized spacial score (nSPS) is 9.40. The second-order valence-electron chi connectivity index (χ2n) is 2.87. The molecule has 0 atom stereocenters. The van der Waals surface area contributed by atoms with Crippen molar-refractivity contribution in [2.24, 2.45) is 0 Å². The number of carbonyl (C=O) groups excluding carboxylic acids is 1. The van der Waals surface area contributed by atoms with Crippen LogP contribution in [0.4, 0.5) is 0 Å². The second kappa shape index (κ2) is 5.11. The second-order valence-corrected chi connectivity index (χ2v) is 2.87. The molecule has 0 aliphatic rings. The molecule has 1 rings (SSSR count). The van der Waals surface area contributed by atoms with Crippen LogP contribution in [0.15, 0.2) is 12.3 Å². The number of pyridine rings is 1. The fourth-order valence-corrected chi connectivity index (χ4v) is 1.33. The first kappa shape index (κ1) is 11.2. The van der Waals surface area contributed by atoms with Crippen LogP contribution in [0.3, 0.4) is 0 Å². The van der Waals surface area contributed by atoms with Gasteiger partial charge in [-0.3, -0.25) is 0 Å². The third-order valence-electron chi connectivity index (χ3n) is 2.00. The molecule has 1 heterocycles. The number of carbonyl (C=O) groups is 1. The molecule has 0 amide bonds. The molecule has 0 spiro atoms. The summed E-state index contributed by atoms with van der Waals surface area (Å²) in [6.45, 7) is 3.92. The maximum Gasteiger partial charge on any atom is 0.357 e. The van der Waals surface area contributed by atoms with Crippen molar-refractivity contribution in [3.8, 4) is 6.07 Å². The molecular formula is C11H12N2O2. The van der Waals surface area contributed by atoms with Gasteiger partial charge in [0.1, 0.15) is 0 Å². The largest absolute Gasteiger partial charge is 0.461 e. The lowest BCUT2D eigenvalue weighted by atomic mass is 10.1. The van der Waals surface area contributed by atoms with E-state index in [2.05, 4.69) is 4.98 Å². The zero-order chi connectivity index (χ0) is 11.3. The summed E-state index contributed by atoms with van der Waals surface area (Å²) in [5.41, 5.74) is 1.38. The number of nitrogens with zero attached hydrogens (tertiary/aromatic N) is 2. The summed E-state index contributed by atoms with van der Waals surface area (Å²) < 4.78 is 4.86. The molecule has 4 nitrogen and oxygen atoms in total. The molecule has 1 aromatic heterocycles. The molecule has 0 aromatic carbocycles. The van der Waals surface area contributed by atoms with Crippen molar-refractivity contribution in [1.82, 2.24) is 4.98 Å². The first-order valence-corrected chi connectivity index (χ1v) is 4.79. The maximum absolute atomic E-state index is 11.5. The molecule has 0 aliphatic heterocycles. The number of aromatic nitrogens is 1. The van der Waals surface area contributed by atoms with Crippen LogP contribution >= 0.6 is 0 Å². The van der Waals surface area contributed by atoms with Crippen molar-refractivity contribution in [1.29, 1.82) is 5.26 Å². The highest BCUT2D eigenvalue weighted by molar-refractivity contribution is 5.89. The molecule has 0 aliphatic carbocycles. The van der Waals surface area contributed by atoms with Crippen molar-refractivity contribution in [2.45, 2.75) is 20.3 Å². The number of nitriles is 1. The average molecular weight is 204 g/mol. The van der Waals surface area contributed by atoms with Gasteiger partial charge in [-0.2, -0.15) is 5.26 Å². The van der Waals surface area contributed by atoms with Crippen molar-refractivity contribution in [2.75, 3.05) is 6.61 Å². The lowest BCUT2D eigenvalue weighted by Gasteiger charge is -2.06. The lowest BCUT2D eigenvalue weighted by Crippen LogP contribution is -2.11. The van der Waals surface area contributed by atoms with Gasteiger partial charge < -0.3 is 4.74 Å². The van der Waals surface area contributed by atoms with E-state index >= 15 is 0 Å². The van der Waals surface area contributed by atoms with Gasteiger partial charge >= 0.3 is 5.97 Å². The molecule has 0 unspecified atom stereocenters. The zero-order valence-corrected chi connectivity index (χ0v) is 8.78. The third-order valence-corrected chi connectivity index (χ3v) is 2.00. The average Bonchev–Trinajstić information content (AvgIpc) is 2.28. The van der Waals surface area contributed by atoms with Gasteiger partial charge in [-0.15, -0.1) is 0 Å². The molecule has 0 fully saturated rings. The van der Waals surface area contributed by atoms with Crippen LogP contribution in [0.1, 0.15) is 35.5 Å². The molecule has 0 bridgehead atoms. The van der Waals surface area contributed by atoms with Gasteiger partial charge in [0.2, 0.25) is 0 Å². The molecule has 15 heavy (non-hydrogen) atoms. The van der Waals surface area contributed by atoms with Gasteiger partial charge in [-0.1, -0.05) is 6.92 Å². The van der Waals surface area contributed by atoms with Gasteiger partial charge in [0, 0.05) is 11.8 Å². The van der Waals surface area contributed by atoms with Crippen LogP contribution < -0.4 is 0 Å². The number of esters is 1. The SMILES string of the molecule is CCOC(=O)c1nccc(C#N)c1CC. The first-order valence-electron chi connectivity index (χ1n) is 4.79. The Balaban J connectivity index is 3.18. The van der Waals surface area contributed by atoms with E-state index in [1.807, 2.05) is 13.0 Å². The molecule has 4 heteroatoms.